The molecule has 1 saturated carbocycles. The molecule has 82 valence electrons. The highest BCUT2D eigenvalue weighted by atomic mass is 79.9. The molecule has 3 nitrogen and oxygen atoms in total. The Balaban J connectivity index is 1.95. The lowest BCUT2D eigenvalue weighted by atomic mass is 10.3. The van der Waals surface area contributed by atoms with Gasteiger partial charge in [-0.15, -0.1) is 0 Å². The van der Waals surface area contributed by atoms with Crippen molar-refractivity contribution in [3.63, 3.8) is 0 Å². The van der Waals surface area contributed by atoms with Crippen LogP contribution in [0.2, 0.25) is 0 Å². The Bertz CT molecular complexity index is 525. The Morgan fingerprint density at radius 3 is 3.06 bits per heavy atom. The van der Waals surface area contributed by atoms with E-state index < -0.39 is 0 Å². The van der Waals surface area contributed by atoms with Crippen molar-refractivity contribution in [2.24, 2.45) is 5.92 Å². The van der Waals surface area contributed by atoms with Crippen molar-refractivity contribution in [2.75, 3.05) is 6.61 Å². The van der Waals surface area contributed by atoms with Gasteiger partial charge in [-0.05, 0) is 40.8 Å². The molecule has 0 N–H and O–H groups in total. The number of aromatic nitrogens is 2. The number of pyridine rings is 2. The second-order valence-electron chi connectivity index (χ2n) is 4.08. The van der Waals surface area contributed by atoms with Crippen molar-refractivity contribution in [3.05, 3.63) is 29.0 Å². The topological polar surface area (TPSA) is 35.0 Å². The lowest BCUT2D eigenvalue weighted by molar-refractivity contribution is 0.302. The van der Waals surface area contributed by atoms with Crippen LogP contribution in [-0.4, -0.2) is 16.6 Å². The Kier molecular flexibility index (Phi) is 2.52. The van der Waals surface area contributed by atoms with Crippen molar-refractivity contribution in [2.45, 2.75) is 12.8 Å². The highest BCUT2D eigenvalue weighted by Gasteiger charge is 2.22. The first-order chi connectivity index (χ1) is 7.83. The molecule has 2 aromatic heterocycles. The fourth-order valence-corrected chi connectivity index (χ4v) is 1.91. The van der Waals surface area contributed by atoms with Crippen LogP contribution in [0.4, 0.5) is 0 Å². The first-order valence-electron chi connectivity index (χ1n) is 5.36. The maximum absolute atomic E-state index is 5.77. The van der Waals surface area contributed by atoms with E-state index >= 15 is 0 Å². The van der Waals surface area contributed by atoms with Crippen LogP contribution in [0.3, 0.4) is 0 Å². The van der Waals surface area contributed by atoms with Gasteiger partial charge in [0.25, 0.3) is 0 Å². The molecule has 0 aliphatic heterocycles. The summed E-state index contributed by atoms with van der Waals surface area (Å²) in [6.45, 7) is 0.802. The molecule has 0 saturated heterocycles. The molecule has 1 aliphatic carbocycles. The average molecular weight is 279 g/mol. The number of halogens is 1. The van der Waals surface area contributed by atoms with Crippen LogP contribution in [0.1, 0.15) is 12.8 Å². The van der Waals surface area contributed by atoms with Gasteiger partial charge in [0.1, 0.15) is 11.3 Å². The number of ether oxygens (including phenoxy) is 1. The quantitative estimate of drug-likeness (QED) is 0.865. The zero-order chi connectivity index (χ0) is 11.0. The molecule has 0 unspecified atom stereocenters. The summed E-state index contributed by atoms with van der Waals surface area (Å²) in [5.74, 6) is 1.59. The zero-order valence-electron chi connectivity index (χ0n) is 8.69. The van der Waals surface area contributed by atoms with Gasteiger partial charge < -0.3 is 4.74 Å². The minimum atomic E-state index is 0.749. The van der Waals surface area contributed by atoms with Gasteiger partial charge in [-0.2, -0.15) is 0 Å². The monoisotopic (exact) mass is 278 g/mol. The molecule has 0 atom stereocenters. The maximum Gasteiger partial charge on any atom is 0.148 e. The van der Waals surface area contributed by atoms with E-state index in [4.69, 9.17) is 4.74 Å². The predicted octanol–water partition coefficient (Wildman–Crippen LogP) is 3.18. The molecule has 0 radical (unpaired) electrons. The minimum absolute atomic E-state index is 0.749. The molecule has 16 heavy (non-hydrogen) atoms. The second-order valence-corrected chi connectivity index (χ2v) is 5.00. The van der Waals surface area contributed by atoms with E-state index in [1.165, 1.54) is 12.8 Å². The highest BCUT2D eigenvalue weighted by molar-refractivity contribution is 9.10. The molecule has 1 fully saturated rings. The van der Waals surface area contributed by atoms with Gasteiger partial charge in [0, 0.05) is 22.9 Å². The van der Waals surface area contributed by atoms with Crippen LogP contribution in [0.25, 0.3) is 11.0 Å². The van der Waals surface area contributed by atoms with E-state index in [-0.39, 0.29) is 0 Å². The largest absolute Gasteiger partial charge is 0.491 e. The van der Waals surface area contributed by atoms with Crippen LogP contribution in [-0.2, 0) is 0 Å². The zero-order valence-corrected chi connectivity index (χ0v) is 10.3. The third-order valence-electron chi connectivity index (χ3n) is 2.68. The second kappa shape index (κ2) is 4.01. The van der Waals surface area contributed by atoms with Gasteiger partial charge >= 0.3 is 0 Å². The standard InChI is InChI=1S/C12H11BrN2O/c13-9-5-10-12(15-6-9)11(3-4-14-10)16-7-8-1-2-8/h3-6,8H,1-2,7H2. The summed E-state index contributed by atoms with van der Waals surface area (Å²) in [6.07, 6.45) is 6.12. The summed E-state index contributed by atoms with van der Waals surface area (Å²) in [7, 11) is 0. The Morgan fingerprint density at radius 2 is 2.25 bits per heavy atom. The van der Waals surface area contributed by atoms with E-state index in [0.717, 1.165) is 33.8 Å². The van der Waals surface area contributed by atoms with Gasteiger partial charge in [-0.25, -0.2) is 4.98 Å². The highest BCUT2D eigenvalue weighted by Crippen LogP contribution is 2.31. The van der Waals surface area contributed by atoms with Crippen LogP contribution < -0.4 is 4.74 Å². The van der Waals surface area contributed by atoms with E-state index in [9.17, 15) is 0 Å². The third-order valence-corrected chi connectivity index (χ3v) is 3.11. The summed E-state index contributed by atoms with van der Waals surface area (Å²) in [6, 6.07) is 3.83. The lowest BCUT2D eigenvalue weighted by Gasteiger charge is -2.07. The van der Waals surface area contributed by atoms with E-state index in [1.54, 1.807) is 12.4 Å². The van der Waals surface area contributed by atoms with Crippen molar-refractivity contribution >= 4 is 27.0 Å². The third kappa shape index (κ3) is 2.02. The van der Waals surface area contributed by atoms with E-state index in [0.29, 0.717) is 0 Å². The van der Waals surface area contributed by atoms with Crippen LogP contribution in [0, 0.1) is 5.92 Å². The first kappa shape index (κ1) is 10.0. The van der Waals surface area contributed by atoms with E-state index in [2.05, 4.69) is 25.9 Å². The fraction of sp³-hybridized carbons (Fsp3) is 0.333. The maximum atomic E-state index is 5.77. The predicted molar refractivity (Wildman–Crippen MR) is 65.5 cm³/mol. The van der Waals surface area contributed by atoms with Crippen molar-refractivity contribution < 1.29 is 4.74 Å². The van der Waals surface area contributed by atoms with Gasteiger partial charge in [0.15, 0.2) is 0 Å². The molecule has 1 aliphatic rings. The van der Waals surface area contributed by atoms with Crippen LogP contribution >= 0.6 is 15.9 Å². The van der Waals surface area contributed by atoms with Crippen molar-refractivity contribution in [1.29, 1.82) is 0 Å². The molecule has 0 amide bonds. The molecule has 2 aromatic rings. The molecule has 0 bridgehead atoms. The van der Waals surface area contributed by atoms with Gasteiger partial charge in [0.05, 0.1) is 12.1 Å². The molecule has 4 heteroatoms. The molecule has 0 aromatic carbocycles. The summed E-state index contributed by atoms with van der Waals surface area (Å²) in [4.78, 5) is 8.62. The molecular formula is C12H11BrN2O. The Labute approximate surface area is 102 Å². The summed E-state index contributed by atoms with van der Waals surface area (Å²) < 4.78 is 6.70. The molecule has 0 spiro atoms. The Morgan fingerprint density at radius 1 is 1.38 bits per heavy atom. The van der Waals surface area contributed by atoms with Crippen LogP contribution in [0.5, 0.6) is 5.75 Å². The van der Waals surface area contributed by atoms with E-state index in [1.807, 2.05) is 12.1 Å². The fourth-order valence-electron chi connectivity index (χ4n) is 1.59. The summed E-state index contributed by atoms with van der Waals surface area (Å²) in [5, 5.41) is 0. The smallest absolute Gasteiger partial charge is 0.148 e. The van der Waals surface area contributed by atoms with Gasteiger partial charge in [-0.1, -0.05) is 0 Å². The number of fused-ring (bicyclic) bond motifs is 1. The van der Waals surface area contributed by atoms with Crippen molar-refractivity contribution in [1.82, 2.24) is 9.97 Å². The first-order valence-corrected chi connectivity index (χ1v) is 6.15. The average Bonchev–Trinajstić information content (AvgIpc) is 3.09. The number of nitrogens with zero attached hydrogens (tertiary/aromatic N) is 2. The molecular weight excluding hydrogens is 268 g/mol. The van der Waals surface area contributed by atoms with Crippen molar-refractivity contribution in [3.8, 4) is 5.75 Å². The molecule has 3 rings (SSSR count). The summed E-state index contributed by atoms with van der Waals surface area (Å²) >= 11 is 3.39. The summed E-state index contributed by atoms with van der Waals surface area (Å²) in [5.41, 5.74) is 1.70. The number of rotatable bonds is 3. The van der Waals surface area contributed by atoms with Gasteiger partial charge in [-0.3, -0.25) is 4.98 Å². The lowest BCUT2D eigenvalue weighted by Crippen LogP contribution is -2.00. The number of hydrogen-bond acceptors (Lipinski definition) is 3. The minimum Gasteiger partial charge on any atom is -0.491 e. The van der Waals surface area contributed by atoms with Gasteiger partial charge in [0.2, 0.25) is 0 Å². The normalized spacial score (nSPS) is 15.3. The molecule has 2 heterocycles. The Hall–Kier alpha value is -1.16. The number of hydrogen-bond donors (Lipinski definition) is 0. The SMILES string of the molecule is Brc1cnc2c(OCC3CC3)ccnc2c1. The van der Waals surface area contributed by atoms with Crippen LogP contribution in [0.15, 0.2) is 29.0 Å².